The van der Waals surface area contributed by atoms with E-state index < -0.39 is 0 Å². The fourth-order valence-corrected chi connectivity index (χ4v) is 3.79. The third kappa shape index (κ3) is 4.50. The highest BCUT2D eigenvalue weighted by molar-refractivity contribution is 5.87. The minimum atomic E-state index is -0.0331. The standard InChI is InChI=1S/C21H30N4O2/c1-15(16-9-12-24(2)13-10-16)23-21(26)25(3)14-17-7-8-19(27-4)20-18(17)6-5-11-22-20/h5-8,11,15-16H,9-10,12-14H2,1-4H3,(H,23,26)/t15-/m1/s1. The van der Waals surface area contributed by atoms with Gasteiger partial charge in [-0.1, -0.05) is 12.1 Å². The quantitative estimate of drug-likeness (QED) is 0.879. The molecule has 27 heavy (non-hydrogen) atoms. The molecule has 3 rings (SSSR count). The molecule has 0 radical (unpaired) electrons. The Bertz CT molecular complexity index is 787. The number of carbonyl (C=O) groups excluding carboxylic acids is 1. The van der Waals surface area contributed by atoms with E-state index in [-0.39, 0.29) is 12.1 Å². The van der Waals surface area contributed by atoms with Gasteiger partial charge < -0.3 is 19.9 Å². The molecule has 1 aromatic heterocycles. The lowest BCUT2D eigenvalue weighted by Gasteiger charge is -2.33. The van der Waals surface area contributed by atoms with E-state index in [0.29, 0.717) is 12.5 Å². The molecule has 1 aliphatic heterocycles. The van der Waals surface area contributed by atoms with Crippen LogP contribution in [0.3, 0.4) is 0 Å². The van der Waals surface area contributed by atoms with Crippen molar-refractivity contribution in [1.82, 2.24) is 20.1 Å². The lowest BCUT2D eigenvalue weighted by atomic mass is 9.90. The third-order valence-electron chi connectivity index (χ3n) is 5.62. The predicted octanol–water partition coefficient (Wildman–Crippen LogP) is 3.12. The summed E-state index contributed by atoms with van der Waals surface area (Å²) in [4.78, 5) is 21.2. The average Bonchev–Trinajstić information content (AvgIpc) is 2.68. The molecule has 1 atom stereocenters. The van der Waals surface area contributed by atoms with Gasteiger partial charge >= 0.3 is 6.03 Å². The number of fused-ring (bicyclic) bond motifs is 1. The fraction of sp³-hybridized carbons (Fsp3) is 0.524. The molecule has 1 aromatic carbocycles. The monoisotopic (exact) mass is 370 g/mol. The van der Waals surface area contributed by atoms with Crippen LogP contribution in [0.25, 0.3) is 10.9 Å². The van der Waals surface area contributed by atoms with Crippen molar-refractivity contribution in [2.45, 2.75) is 32.4 Å². The Morgan fingerprint density at radius 2 is 2.11 bits per heavy atom. The first-order valence-electron chi connectivity index (χ1n) is 9.60. The summed E-state index contributed by atoms with van der Waals surface area (Å²) < 4.78 is 5.40. The Hall–Kier alpha value is -2.34. The largest absolute Gasteiger partial charge is 0.494 e. The number of methoxy groups -OCH3 is 1. The molecule has 0 spiro atoms. The van der Waals surface area contributed by atoms with Gasteiger partial charge in [0.1, 0.15) is 11.3 Å². The number of amides is 2. The van der Waals surface area contributed by atoms with Crippen molar-refractivity contribution in [3.05, 3.63) is 36.0 Å². The first kappa shape index (κ1) is 19.4. The lowest BCUT2D eigenvalue weighted by molar-refractivity contribution is 0.173. The second-order valence-corrected chi connectivity index (χ2v) is 7.56. The molecule has 146 valence electrons. The molecule has 1 fully saturated rings. The van der Waals surface area contributed by atoms with Gasteiger partial charge in [-0.15, -0.1) is 0 Å². The topological polar surface area (TPSA) is 57.7 Å². The Morgan fingerprint density at radius 1 is 1.37 bits per heavy atom. The van der Waals surface area contributed by atoms with Crippen LogP contribution in [0.1, 0.15) is 25.3 Å². The molecule has 2 heterocycles. The summed E-state index contributed by atoms with van der Waals surface area (Å²) in [5.74, 6) is 1.29. The number of ether oxygens (including phenoxy) is 1. The van der Waals surface area contributed by atoms with E-state index in [0.717, 1.165) is 48.1 Å². The number of carbonyl (C=O) groups is 1. The summed E-state index contributed by atoms with van der Waals surface area (Å²) in [7, 11) is 5.64. The maximum absolute atomic E-state index is 12.7. The SMILES string of the molecule is COc1ccc(CN(C)C(=O)N[C@H](C)C2CCN(C)CC2)c2cccnc12. The number of pyridine rings is 1. The van der Waals surface area contributed by atoms with Crippen molar-refractivity contribution >= 4 is 16.9 Å². The van der Waals surface area contributed by atoms with Gasteiger partial charge in [0.05, 0.1) is 7.11 Å². The molecule has 6 nitrogen and oxygen atoms in total. The zero-order valence-corrected chi connectivity index (χ0v) is 16.7. The zero-order valence-electron chi connectivity index (χ0n) is 16.7. The van der Waals surface area contributed by atoms with Crippen LogP contribution in [-0.4, -0.2) is 61.2 Å². The Balaban J connectivity index is 1.65. The molecule has 0 bridgehead atoms. The summed E-state index contributed by atoms with van der Waals surface area (Å²) >= 11 is 0. The lowest BCUT2D eigenvalue weighted by Crippen LogP contribution is -2.47. The van der Waals surface area contributed by atoms with Crippen molar-refractivity contribution in [2.24, 2.45) is 5.92 Å². The van der Waals surface area contributed by atoms with Gasteiger partial charge in [-0.25, -0.2) is 4.79 Å². The molecule has 1 aliphatic rings. The summed E-state index contributed by atoms with van der Waals surface area (Å²) in [6.45, 7) is 4.85. The molecule has 0 unspecified atom stereocenters. The highest BCUT2D eigenvalue weighted by Crippen LogP contribution is 2.27. The Labute approximate surface area is 161 Å². The Morgan fingerprint density at radius 3 is 2.81 bits per heavy atom. The predicted molar refractivity (Wildman–Crippen MR) is 108 cm³/mol. The van der Waals surface area contributed by atoms with Crippen molar-refractivity contribution in [1.29, 1.82) is 0 Å². The summed E-state index contributed by atoms with van der Waals surface area (Å²) in [5.41, 5.74) is 1.88. The number of rotatable bonds is 5. The van der Waals surface area contributed by atoms with Crippen molar-refractivity contribution < 1.29 is 9.53 Å². The third-order valence-corrected chi connectivity index (χ3v) is 5.62. The van der Waals surface area contributed by atoms with Crippen molar-refractivity contribution in [2.75, 3.05) is 34.3 Å². The molecular weight excluding hydrogens is 340 g/mol. The van der Waals surface area contributed by atoms with Crippen LogP contribution in [0, 0.1) is 5.92 Å². The molecular formula is C21H30N4O2. The highest BCUT2D eigenvalue weighted by Gasteiger charge is 2.24. The van der Waals surface area contributed by atoms with Crippen LogP contribution in [0.4, 0.5) is 4.79 Å². The number of hydrogen-bond acceptors (Lipinski definition) is 4. The number of likely N-dealkylation sites (tertiary alicyclic amines) is 1. The highest BCUT2D eigenvalue weighted by atomic mass is 16.5. The van der Waals surface area contributed by atoms with Gasteiger partial charge in [0.15, 0.2) is 0 Å². The number of benzene rings is 1. The van der Waals surface area contributed by atoms with Gasteiger partial charge in [-0.3, -0.25) is 4.98 Å². The van der Waals surface area contributed by atoms with Crippen molar-refractivity contribution in [3.8, 4) is 5.75 Å². The minimum Gasteiger partial charge on any atom is -0.494 e. The molecule has 1 saturated heterocycles. The van der Waals surface area contributed by atoms with Gasteiger partial charge in [-0.05, 0) is 63.5 Å². The van der Waals surface area contributed by atoms with Crippen LogP contribution in [-0.2, 0) is 6.54 Å². The summed E-state index contributed by atoms with van der Waals surface area (Å²) in [6.07, 6.45) is 4.03. The second kappa shape index (κ2) is 8.57. The minimum absolute atomic E-state index is 0.0331. The maximum atomic E-state index is 12.7. The number of nitrogens with zero attached hydrogens (tertiary/aromatic N) is 3. The molecule has 0 saturated carbocycles. The van der Waals surface area contributed by atoms with Crippen LogP contribution in [0.2, 0.25) is 0 Å². The smallest absolute Gasteiger partial charge is 0.317 e. The van der Waals surface area contributed by atoms with Gasteiger partial charge in [0.25, 0.3) is 0 Å². The summed E-state index contributed by atoms with van der Waals surface area (Å²) in [6, 6.07) is 8.00. The number of piperidine rings is 1. The second-order valence-electron chi connectivity index (χ2n) is 7.56. The summed E-state index contributed by atoms with van der Waals surface area (Å²) in [5, 5.41) is 4.20. The Kier molecular flexibility index (Phi) is 6.16. The van der Waals surface area contributed by atoms with E-state index in [4.69, 9.17) is 4.74 Å². The van der Waals surface area contributed by atoms with Gasteiger partial charge in [0.2, 0.25) is 0 Å². The van der Waals surface area contributed by atoms with Gasteiger partial charge in [-0.2, -0.15) is 0 Å². The molecule has 2 amide bonds. The number of nitrogens with one attached hydrogen (secondary N) is 1. The number of hydrogen-bond donors (Lipinski definition) is 1. The van der Waals surface area contributed by atoms with Crippen LogP contribution in [0.15, 0.2) is 30.5 Å². The van der Waals surface area contributed by atoms with E-state index in [1.165, 1.54) is 0 Å². The average molecular weight is 370 g/mol. The number of aromatic nitrogens is 1. The van der Waals surface area contributed by atoms with Crippen molar-refractivity contribution in [3.63, 3.8) is 0 Å². The first-order valence-corrected chi connectivity index (χ1v) is 9.60. The fourth-order valence-electron chi connectivity index (χ4n) is 3.79. The van der Waals surface area contributed by atoms with Crippen LogP contribution in [0.5, 0.6) is 5.75 Å². The number of urea groups is 1. The molecule has 6 heteroatoms. The van der Waals surface area contributed by atoms with Gasteiger partial charge in [0, 0.05) is 31.2 Å². The van der Waals surface area contributed by atoms with E-state index >= 15 is 0 Å². The maximum Gasteiger partial charge on any atom is 0.317 e. The van der Waals surface area contributed by atoms with Crippen LogP contribution >= 0.6 is 0 Å². The normalized spacial score (nSPS) is 16.9. The zero-order chi connectivity index (χ0) is 19.4. The molecule has 1 N–H and O–H groups in total. The van der Waals surface area contributed by atoms with E-state index in [1.807, 2.05) is 31.3 Å². The van der Waals surface area contributed by atoms with Crippen LogP contribution < -0.4 is 10.1 Å². The first-order chi connectivity index (χ1) is 13.0. The van der Waals surface area contributed by atoms with E-state index in [1.54, 1.807) is 18.2 Å². The van der Waals surface area contributed by atoms with E-state index in [9.17, 15) is 4.79 Å². The molecule has 2 aromatic rings. The van der Waals surface area contributed by atoms with E-state index in [2.05, 4.69) is 29.2 Å². The molecule has 0 aliphatic carbocycles.